The molecule has 0 fully saturated rings. The van der Waals surface area contributed by atoms with Gasteiger partial charge >= 0.3 is 0 Å². The first-order valence-electron chi connectivity index (χ1n) is 3.03. The minimum atomic E-state index is -3.44. The molecule has 2 N–H and O–H groups in total. The third-order valence-corrected chi connectivity index (χ3v) is 2.43. The number of hydrogen-bond donors (Lipinski definition) is 1. The fraction of sp³-hybridized carbons (Fsp3) is 0.600. The number of rotatable bonds is 1. The van der Waals surface area contributed by atoms with Gasteiger partial charge in [-0.1, -0.05) is 12.2 Å². The summed E-state index contributed by atoms with van der Waals surface area (Å²) in [5, 5.41) is 4.87. The maximum Gasteiger partial charge on any atom is 0.277 e. The average molecular weight is 162 g/mol. The second kappa shape index (κ2) is 2.69. The Bertz CT molecular complexity index is 232. The van der Waals surface area contributed by atoms with Crippen molar-refractivity contribution in [3.05, 3.63) is 12.2 Å². The van der Waals surface area contributed by atoms with Crippen molar-refractivity contribution in [1.29, 1.82) is 0 Å². The molecular weight excluding hydrogens is 152 g/mol. The SMILES string of the molecule is NS(=O)(=O)N1CC=CCC1. The van der Waals surface area contributed by atoms with Crippen LogP contribution in [0.4, 0.5) is 0 Å². The largest absolute Gasteiger partial charge is 0.277 e. The molecular formula is C5H10N2O2S. The van der Waals surface area contributed by atoms with Crippen LogP contribution in [-0.2, 0) is 10.2 Å². The predicted octanol–water partition coefficient (Wildman–Crippen LogP) is -0.548. The van der Waals surface area contributed by atoms with E-state index < -0.39 is 10.2 Å². The Morgan fingerprint density at radius 1 is 1.40 bits per heavy atom. The molecule has 1 aliphatic heterocycles. The van der Waals surface area contributed by atoms with E-state index in [1.54, 1.807) is 6.08 Å². The maximum atomic E-state index is 10.7. The molecule has 0 aromatic carbocycles. The first-order valence-corrected chi connectivity index (χ1v) is 4.54. The predicted molar refractivity (Wildman–Crippen MR) is 38.4 cm³/mol. The smallest absolute Gasteiger partial charge is 0.216 e. The fourth-order valence-electron chi connectivity index (χ4n) is 0.851. The zero-order valence-corrected chi connectivity index (χ0v) is 6.34. The van der Waals surface area contributed by atoms with Crippen molar-refractivity contribution in [2.45, 2.75) is 6.42 Å². The van der Waals surface area contributed by atoms with Crippen LogP contribution >= 0.6 is 0 Å². The van der Waals surface area contributed by atoms with Crippen molar-refractivity contribution in [3.63, 3.8) is 0 Å². The van der Waals surface area contributed by atoms with Gasteiger partial charge in [0.2, 0.25) is 0 Å². The summed E-state index contributed by atoms with van der Waals surface area (Å²) < 4.78 is 22.6. The number of hydrogen-bond acceptors (Lipinski definition) is 2. The van der Waals surface area contributed by atoms with Gasteiger partial charge in [-0.15, -0.1) is 0 Å². The molecule has 1 rings (SSSR count). The van der Waals surface area contributed by atoms with E-state index in [4.69, 9.17) is 5.14 Å². The molecule has 1 heterocycles. The zero-order chi connectivity index (χ0) is 7.61. The van der Waals surface area contributed by atoms with Crippen LogP contribution < -0.4 is 5.14 Å². The summed E-state index contributed by atoms with van der Waals surface area (Å²) in [6, 6.07) is 0. The van der Waals surface area contributed by atoms with Gasteiger partial charge in [0.1, 0.15) is 0 Å². The molecule has 0 amide bonds. The van der Waals surface area contributed by atoms with Gasteiger partial charge in [0.15, 0.2) is 0 Å². The molecule has 1 aliphatic rings. The molecule has 0 saturated heterocycles. The van der Waals surface area contributed by atoms with E-state index in [1.807, 2.05) is 6.08 Å². The van der Waals surface area contributed by atoms with Crippen LogP contribution in [0.25, 0.3) is 0 Å². The third-order valence-electron chi connectivity index (χ3n) is 1.38. The van der Waals surface area contributed by atoms with E-state index in [2.05, 4.69) is 0 Å². The molecule has 0 atom stereocenters. The van der Waals surface area contributed by atoms with Crippen LogP contribution in [0, 0.1) is 0 Å². The lowest BCUT2D eigenvalue weighted by Gasteiger charge is -2.19. The summed E-state index contributed by atoms with van der Waals surface area (Å²) in [6.45, 7) is 0.925. The van der Waals surface area contributed by atoms with Crippen molar-refractivity contribution in [2.75, 3.05) is 13.1 Å². The second-order valence-corrected chi connectivity index (χ2v) is 3.71. The van der Waals surface area contributed by atoms with E-state index in [9.17, 15) is 8.42 Å². The van der Waals surface area contributed by atoms with Gasteiger partial charge in [0.05, 0.1) is 0 Å². The Morgan fingerprint density at radius 2 is 2.10 bits per heavy atom. The van der Waals surface area contributed by atoms with Gasteiger partial charge in [-0.3, -0.25) is 0 Å². The highest BCUT2D eigenvalue weighted by atomic mass is 32.2. The van der Waals surface area contributed by atoms with Gasteiger partial charge in [-0.2, -0.15) is 12.7 Å². The minimum absolute atomic E-state index is 0.416. The molecule has 0 aromatic rings. The Hall–Kier alpha value is -0.390. The van der Waals surface area contributed by atoms with E-state index in [0.29, 0.717) is 13.1 Å². The molecule has 10 heavy (non-hydrogen) atoms. The lowest BCUT2D eigenvalue weighted by Crippen LogP contribution is -2.38. The van der Waals surface area contributed by atoms with E-state index in [-0.39, 0.29) is 0 Å². The van der Waals surface area contributed by atoms with E-state index >= 15 is 0 Å². The molecule has 0 aromatic heterocycles. The summed E-state index contributed by atoms with van der Waals surface area (Å²) in [5.74, 6) is 0. The summed E-state index contributed by atoms with van der Waals surface area (Å²) >= 11 is 0. The zero-order valence-electron chi connectivity index (χ0n) is 5.53. The normalized spacial score (nSPS) is 21.3. The van der Waals surface area contributed by atoms with Crippen molar-refractivity contribution in [2.24, 2.45) is 5.14 Å². The Morgan fingerprint density at radius 3 is 2.40 bits per heavy atom. The third kappa shape index (κ3) is 1.80. The standard InChI is InChI=1S/C5H10N2O2S/c6-10(8,9)7-4-2-1-3-5-7/h1-2H,3-5H2,(H2,6,8,9). The van der Waals surface area contributed by atoms with Gasteiger partial charge in [0, 0.05) is 13.1 Å². The van der Waals surface area contributed by atoms with Gasteiger partial charge in [-0.05, 0) is 6.42 Å². The monoisotopic (exact) mass is 162 g/mol. The molecule has 0 aliphatic carbocycles. The molecule has 5 heteroatoms. The van der Waals surface area contributed by atoms with Crippen molar-refractivity contribution in [3.8, 4) is 0 Å². The minimum Gasteiger partial charge on any atom is -0.216 e. The van der Waals surface area contributed by atoms with Crippen molar-refractivity contribution < 1.29 is 8.42 Å². The Labute approximate surface area is 60.5 Å². The van der Waals surface area contributed by atoms with Crippen molar-refractivity contribution >= 4 is 10.2 Å². The highest BCUT2D eigenvalue weighted by molar-refractivity contribution is 7.86. The summed E-state index contributed by atoms with van der Waals surface area (Å²) in [4.78, 5) is 0. The summed E-state index contributed by atoms with van der Waals surface area (Å²) in [6.07, 6.45) is 4.51. The van der Waals surface area contributed by atoms with Crippen LogP contribution in [0.5, 0.6) is 0 Å². The fourth-order valence-corrected chi connectivity index (χ4v) is 1.50. The van der Waals surface area contributed by atoms with Gasteiger partial charge < -0.3 is 0 Å². The van der Waals surface area contributed by atoms with E-state index in [1.165, 1.54) is 4.31 Å². The lowest BCUT2D eigenvalue weighted by atomic mass is 10.3. The van der Waals surface area contributed by atoms with Crippen LogP contribution in [-0.4, -0.2) is 25.8 Å². The van der Waals surface area contributed by atoms with Gasteiger partial charge in [0.25, 0.3) is 10.2 Å². The van der Waals surface area contributed by atoms with Crippen LogP contribution in [0.15, 0.2) is 12.2 Å². The quantitative estimate of drug-likeness (QED) is 0.526. The van der Waals surface area contributed by atoms with E-state index in [0.717, 1.165) is 6.42 Å². The lowest BCUT2D eigenvalue weighted by molar-refractivity contribution is 0.438. The number of nitrogens with zero attached hydrogens (tertiary/aromatic N) is 1. The molecule has 0 radical (unpaired) electrons. The average Bonchev–Trinajstić information content (AvgIpc) is 1.88. The summed E-state index contributed by atoms with van der Waals surface area (Å²) in [5.41, 5.74) is 0. The second-order valence-electron chi connectivity index (χ2n) is 2.16. The van der Waals surface area contributed by atoms with Crippen LogP contribution in [0.1, 0.15) is 6.42 Å². The maximum absolute atomic E-state index is 10.7. The highest BCUT2D eigenvalue weighted by Crippen LogP contribution is 2.02. The Balaban J connectivity index is 2.67. The Kier molecular flexibility index (Phi) is 2.08. The summed E-state index contributed by atoms with van der Waals surface area (Å²) in [7, 11) is -3.44. The molecule has 0 saturated carbocycles. The first kappa shape index (κ1) is 7.71. The molecule has 4 nitrogen and oxygen atoms in total. The number of nitrogens with two attached hydrogens (primary N) is 1. The molecule has 0 unspecified atom stereocenters. The molecule has 0 spiro atoms. The van der Waals surface area contributed by atoms with Gasteiger partial charge in [-0.25, -0.2) is 5.14 Å². The topological polar surface area (TPSA) is 63.4 Å². The first-order chi connectivity index (χ1) is 4.61. The van der Waals surface area contributed by atoms with Crippen LogP contribution in [0.2, 0.25) is 0 Å². The van der Waals surface area contributed by atoms with Crippen molar-refractivity contribution in [1.82, 2.24) is 4.31 Å². The highest BCUT2D eigenvalue weighted by Gasteiger charge is 2.15. The van der Waals surface area contributed by atoms with Crippen LogP contribution in [0.3, 0.4) is 0 Å². The molecule has 58 valence electrons. The molecule has 0 bridgehead atoms.